The molecule has 25 heavy (non-hydrogen) atoms. The SMILES string of the molecule is Cc1ccc(C)c2nc3c(cc12)CN(Cc1ccccc1)C[C@H](C)O3. The highest BCUT2D eigenvalue weighted by Gasteiger charge is 2.22. The Morgan fingerprint density at radius 1 is 1.08 bits per heavy atom. The van der Waals surface area contributed by atoms with Gasteiger partial charge in [0.2, 0.25) is 5.88 Å². The summed E-state index contributed by atoms with van der Waals surface area (Å²) in [5.41, 5.74) is 6.04. The van der Waals surface area contributed by atoms with Gasteiger partial charge < -0.3 is 4.74 Å². The van der Waals surface area contributed by atoms with Gasteiger partial charge in [0.15, 0.2) is 0 Å². The molecule has 4 rings (SSSR count). The van der Waals surface area contributed by atoms with Crippen LogP contribution in [0.4, 0.5) is 0 Å². The van der Waals surface area contributed by atoms with E-state index in [0.717, 1.165) is 31.0 Å². The highest BCUT2D eigenvalue weighted by atomic mass is 16.5. The molecule has 128 valence electrons. The third-order valence-corrected chi connectivity index (χ3v) is 4.91. The minimum atomic E-state index is 0.125. The van der Waals surface area contributed by atoms with Crippen LogP contribution >= 0.6 is 0 Å². The summed E-state index contributed by atoms with van der Waals surface area (Å²) in [4.78, 5) is 7.33. The maximum Gasteiger partial charge on any atom is 0.218 e. The zero-order valence-electron chi connectivity index (χ0n) is 15.1. The Hall–Kier alpha value is -2.39. The quantitative estimate of drug-likeness (QED) is 0.684. The van der Waals surface area contributed by atoms with Crippen LogP contribution in [-0.4, -0.2) is 22.5 Å². The van der Waals surface area contributed by atoms with Gasteiger partial charge in [-0.25, -0.2) is 4.98 Å². The van der Waals surface area contributed by atoms with Gasteiger partial charge in [-0.05, 0) is 43.5 Å². The van der Waals surface area contributed by atoms with E-state index in [2.05, 4.69) is 74.2 Å². The van der Waals surface area contributed by atoms with Gasteiger partial charge in [-0.15, -0.1) is 0 Å². The van der Waals surface area contributed by atoms with E-state index in [0.29, 0.717) is 0 Å². The van der Waals surface area contributed by atoms with Crippen LogP contribution in [0, 0.1) is 13.8 Å². The van der Waals surface area contributed by atoms with Crippen molar-refractivity contribution < 1.29 is 4.74 Å². The summed E-state index contributed by atoms with van der Waals surface area (Å²) in [5.74, 6) is 0.796. The molecule has 3 heteroatoms. The molecular formula is C22H24N2O. The van der Waals surface area contributed by atoms with E-state index >= 15 is 0 Å². The van der Waals surface area contributed by atoms with Crippen LogP contribution in [0.15, 0.2) is 48.5 Å². The number of hydrogen-bond donors (Lipinski definition) is 0. The summed E-state index contributed by atoms with van der Waals surface area (Å²) in [6.07, 6.45) is 0.125. The third-order valence-electron chi connectivity index (χ3n) is 4.91. The summed E-state index contributed by atoms with van der Waals surface area (Å²) >= 11 is 0. The fourth-order valence-electron chi connectivity index (χ4n) is 3.63. The molecule has 1 aliphatic heterocycles. The van der Waals surface area contributed by atoms with Crippen molar-refractivity contribution in [1.82, 2.24) is 9.88 Å². The second kappa shape index (κ2) is 6.49. The van der Waals surface area contributed by atoms with Crippen LogP contribution in [0.25, 0.3) is 10.9 Å². The second-order valence-electron chi connectivity index (χ2n) is 7.13. The van der Waals surface area contributed by atoms with Gasteiger partial charge in [0, 0.05) is 30.6 Å². The monoisotopic (exact) mass is 332 g/mol. The van der Waals surface area contributed by atoms with Crippen LogP contribution in [0.1, 0.15) is 29.2 Å². The normalized spacial score (nSPS) is 17.8. The number of aryl methyl sites for hydroxylation is 2. The molecule has 0 saturated carbocycles. The molecule has 0 spiro atoms. The van der Waals surface area contributed by atoms with Crippen molar-refractivity contribution in [2.75, 3.05) is 6.54 Å². The molecule has 0 fully saturated rings. The number of aromatic nitrogens is 1. The fourth-order valence-corrected chi connectivity index (χ4v) is 3.63. The summed E-state index contributed by atoms with van der Waals surface area (Å²) in [5, 5.41) is 1.23. The molecule has 0 unspecified atom stereocenters. The Morgan fingerprint density at radius 3 is 2.64 bits per heavy atom. The van der Waals surface area contributed by atoms with Crippen molar-refractivity contribution in [3.63, 3.8) is 0 Å². The van der Waals surface area contributed by atoms with Crippen molar-refractivity contribution in [1.29, 1.82) is 0 Å². The molecule has 0 radical (unpaired) electrons. The molecule has 1 atom stereocenters. The van der Waals surface area contributed by atoms with Crippen LogP contribution < -0.4 is 4.74 Å². The average Bonchev–Trinajstić information content (AvgIpc) is 2.75. The van der Waals surface area contributed by atoms with Crippen molar-refractivity contribution in [3.05, 3.63) is 70.8 Å². The number of hydrogen-bond acceptors (Lipinski definition) is 3. The van der Waals surface area contributed by atoms with Crippen molar-refractivity contribution in [2.24, 2.45) is 0 Å². The molecule has 2 aromatic carbocycles. The topological polar surface area (TPSA) is 25.4 Å². The molecule has 2 heterocycles. The number of rotatable bonds is 2. The number of nitrogens with zero attached hydrogens (tertiary/aromatic N) is 2. The maximum absolute atomic E-state index is 6.17. The van der Waals surface area contributed by atoms with Crippen LogP contribution in [0.5, 0.6) is 5.88 Å². The first-order valence-corrected chi connectivity index (χ1v) is 8.93. The summed E-state index contributed by atoms with van der Waals surface area (Å²) < 4.78 is 6.17. The predicted molar refractivity (Wildman–Crippen MR) is 102 cm³/mol. The lowest BCUT2D eigenvalue weighted by Crippen LogP contribution is -2.30. The molecular weight excluding hydrogens is 308 g/mol. The maximum atomic E-state index is 6.17. The second-order valence-corrected chi connectivity index (χ2v) is 7.13. The lowest BCUT2D eigenvalue weighted by Gasteiger charge is -2.21. The van der Waals surface area contributed by atoms with Gasteiger partial charge in [-0.2, -0.15) is 0 Å². The molecule has 1 aliphatic rings. The number of pyridine rings is 1. The van der Waals surface area contributed by atoms with E-state index < -0.39 is 0 Å². The Bertz CT molecular complexity index is 905. The van der Waals surface area contributed by atoms with Gasteiger partial charge in [0.1, 0.15) is 6.10 Å². The van der Waals surface area contributed by atoms with Gasteiger partial charge in [0.25, 0.3) is 0 Å². The van der Waals surface area contributed by atoms with Gasteiger partial charge in [0.05, 0.1) is 5.52 Å². The molecule has 1 aromatic heterocycles. The molecule has 0 saturated heterocycles. The first-order valence-electron chi connectivity index (χ1n) is 8.93. The molecule has 3 aromatic rings. The molecule has 0 N–H and O–H groups in total. The minimum Gasteiger partial charge on any atom is -0.473 e. The van der Waals surface area contributed by atoms with E-state index in [1.165, 1.54) is 27.6 Å². The van der Waals surface area contributed by atoms with E-state index in [4.69, 9.17) is 9.72 Å². The molecule has 3 nitrogen and oxygen atoms in total. The molecule has 0 amide bonds. The standard InChI is InChI=1S/C22H24N2O/c1-15-9-10-16(2)21-20(15)11-19-14-24(12-17(3)25-22(19)23-21)13-18-7-5-4-6-8-18/h4-11,17H,12-14H2,1-3H3/t17-/m0/s1. The lowest BCUT2D eigenvalue weighted by atomic mass is 10.0. The zero-order chi connectivity index (χ0) is 17.4. The summed E-state index contributed by atoms with van der Waals surface area (Å²) in [6, 6.07) is 17.2. The lowest BCUT2D eigenvalue weighted by molar-refractivity contribution is 0.153. The predicted octanol–water partition coefficient (Wildman–Crippen LogP) is 4.63. The average molecular weight is 332 g/mol. The Labute approximate surface area is 149 Å². The number of benzene rings is 2. The van der Waals surface area contributed by atoms with Crippen LogP contribution in [0.3, 0.4) is 0 Å². The summed E-state index contributed by atoms with van der Waals surface area (Å²) in [7, 11) is 0. The van der Waals surface area contributed by atoms with Gasteiger partial charge in [-0.1, -0.05) is 42.5 Å². The van der Waals surface area contributed by atoms with E-state index in [-0.39, 0.29) is 6.10 Å². The zero-order valence-corrected chi connectivity index (χ0v) is 15.1. The molecule has 0 aliphatic carbocycles. The van der Waals surface area contributed by atoms with Gasteiger partial charge >= 0.3 is 0 Å². The largest absolute Gasteiger partial charge is 0.473 e. The summed E-state index contributed by atoms with van der Waals surface area (Å²) in [6.45, 7) is 9.09. The smallest absolute Gasteiger partial charge is 0.218 e. The van der Waals surface area contributed by atoms with Gasteiger partial charge in [-0.3, -0.25) is 4.90 Å². The third kappa shape index (κ3) is 3.24. The fraction of sp³-hybridized carbons (Fsp3) is 0.318. The Balaban J connectivity index is 1.73. The Morgan fingerprint density at radius 2 is 1.84 bits per heavy atom. The van der Waals surface area contributed by atoms with E-state index in [9.17, 15) is 0 Å². The highest BCUT2D eigenvalue weighted by molar-refractivity contribution is 5.86. The van der Waals surface area contributed by atoms with Crippen molar-refractivity contribution >= 4 is 10.9 Å². The van der Waals surface area contributed by atoms with E-state index in [1.54, 1.807) is 0 Å². The minimum absolute atomic E-state index is 0.125. The highest BCUT2D eigenvalue weighted by Crippen LogP contribution is 2.30. The van der Waals surface area contributed by atoms with Crippen molar-refractivity contribution in [2.45, 2.75) is 40.0 Å². The molecule has 0 bridgehead atoms. The first kappa shape index (κ1) is 16.1. The van der Waals surface area contributed by atoms with E-state index in [1.807, 2.05) is 0 Å². The number of ether oxygens (including phenoxy) is 1. The van der Waals surface area contributed by atoms with Crippen LogP contribution in [0.2, 0.25) is 0 Å². The first-order chi connectivity index (χ1) is 12.1. The Kier molecular flexibility index (Phi) is 4.18. The van der Waals surface area contributed by atoms with Crippen LogP contribution in [-0.2, 0) is 13.1 Å². The van der Waals surface area contributed by atoms with Crippen molar-refractivity contribution in [3.8, 4) is 5.88 Å². The number of fused-ring (bicyclic) bond motifs is 2.